The molecule has 0 spiro atoms. The summed E-state index contributed by atoms with van der Waals surface area (Å²) < 4.78 is 11.6. The highest BCUT2D eigenvalue weighted by molar-refractivity contribution is 8.15. The average molecular weight is 481 g/mol. The summed E-state index contributed by atoms with van der Waals surface area (Å²) in [5.41, 5.74) is -0.292. The van der Waals surface area contributed by atoms with Gasteiger partial charge in [0.2, 0.25) is 0 Å². The van der Waals surface area contributed by atoms with Gasteiger partial charge in [0.05, 0.1) is 6.61 Å². The normalized spacial score (nSPS) is 13.9. The Kier molecular flexibility index (Phi) is 13.7. The lowest BCUT2D eigenvalue weighted by molar-refractivity contribution is -0.117. The van der Waals surface area contributed by atoms with Crippen molar-refractivity contribution >= 4 is 37.1 Å². The van der Waals surface area contributed by atoms with Gasteiger partial charge in [-0.15, -0.1) is 0 Å². The molecule has 0 atom stereocenters. The standard InChI is InChI=1S/C23H49N2O2PS2/c1-17(2)24(18(3)4)28(25(19(5)6)20(7)8)27-14-15-29-16-23(12,13)30-21(26)22(9,10)11/h17-20H,14-16H2,1-13H3. The molecule has 0 amide bonds. The Bertz CT molecular complexity index is 470. The predicted octanol–water partition coefficient (Wildman–Crippen LogP) is 7.29. The third-order valence-corrected chi connectivity index (χ3v) is 10.5. The van der Waals surface area contributed by atoms with Crippen molar-refractivity contribution in [2.75, 3.05) is 18.1 Å². The molecule has 4 nitrogen and oxygen atoms in total. The van der Waals surface area contributed by atoms with E-state index in [1.54, 1.807) is 0 Å². The second kappa shape index (κ2) is 13.4. The van der Waals surface area contributed by atoms with Gasteiger partial charge in [-0.3, -0.25) is 4.79 Å². The Morgan fingerprint density at radius 3 is 1.57 bits per heavy atom. The highest BCUT2D eigenvalue weighted by Gasteiger charge is 2.34. The van der Waals surface area contributed by atoms with Gasteiger partial charge in [-0.25, -0.2) is 9.34 Å². The van der Waals surface area contributed by atoms with Crippen molar-refractivity contribution in [3.8, 4) is 0 Å². The minimum atomic E-state index is -0.825. The maximum atomic E-state index is 12.4. The number of hydrogen-bond donors (Lipinski definition) is 0. The van der Waals surface area contributed by atoms with Crippen molar-refractivity contribution in [1.82, 2.24) is 9.34 Å². The summed E-state index contributed by atoms with van der Waals surface area (Å²) in [6, 6.07) is 1.73. The zero-order chi connectivity index (χ0) is 23.9. The summed E-state index contributed by atoms with van der Waals surface area (Å²) in [4.78, 5) is 12.4. The fourth-order valence-corrected chi connectivity index (χ4v) is 7.76. The Morgan fingerprint density at radius 1 is 0.833 bits per heavy atom. The molecule has 0 saturated carbocycles. The summed E-state index contributed by atoms with van der Waals surface area (Å²) >= 11 is 3.37. The average Bonchev–Trinajstić information content (AvgIpc) is 2.51. The molecule has 180 valence electrons. The van der Waals surface area contributed by atoms with Crippen LogP contribution in [0.5, 0.6) is 0 Å². The van der Waals surface area contributed by atoms with Gasteiger partial charge >= 0.3 is 0 Å². The van der Waals surface area contributed by atoms with Crippen LogP contribution < -0.4 is 0 Å². The first-order valence-corrected chi connectivity index (χ1v) is 14.5. The van der Waals surface area contributed by atoms with Gasteiger partial charge in [0, 0.05) is 45.8 Å². The van der Waals surface area contributed by atoms with Crippen molar-refractivity contribution in [3.63, 3.8) is 0 Å². The third kappa shape index (κ3) is 11.0. The molecule has 0 heterocycles. The molecule has 0 aromatic heterocycles. The van der Waals surface area contributed by atoms with Crippen LogP contribution in [0.15, 0.2) is 0 Å². The molecule has 0 bridgehead atoms. The molecule has 0 aliphatic rings. The number of thioether (sulfide) groups is 2. The van der Waals surface area contributed by atoms with Crippen molar-refractivity contribution in [1.29, 1.82) is 0 Å². The quantitative estimate of drug-likeness (QED) is 0.203. The molecular weight excluding hydrogens is 431 g/mol. The molecule has 0 unspecified atom stereocenters. The van der Waals surface area contributed by atoms with Gasteiger partial charge in [-0.05, 0) is 69.2 Å². The first-order chi connectivity index (χ1) is 13.5. The molecule has 7 heteroatoms. The van der Waals surface area contributed by atoms with Gasteiger partial charge < -0.3 is 4.52 Å². The monoisotopic (exact) mass is 480 g/mol. The second-order valence-corrected chi connectivity index (χ2v) is 15.1. The molecule has 0 N–H and O–H groups in total. The van der Waals surface area contributed by atoms with Crippen molar-refractivity contribution in [2.24, 2.45) is 5.41 Å². The topological polar surface area (TPSA) is 32.8 Å². The van der Waals surface area contributed by atoms with E-state index in [1.807, 2.05) is 32.5 Å². The van der Waals surface area contributed by atoms with E-state index in [0.717, 1.165) is 18.1 Å². The van der Waals surface area contributed by atoms with Crippen LogP contribution in [0.4, 0.5) is 0 Å². The maximum Gasteiger partial charge on any atom is 0.194 e. The lowest BCUT2D eigenvalue weighted by Crippen LogP contribution is -2.43. The van der Waals surface area contributed by atoms with Gasteiger partial charge in [0.1, 0.15) is 0 Å². The Hall–Kier alpha value is 0.680. The van der Waals surface area contributed by atoms with Gasteiger partial charge in [-0.2, -0.15) is 11.8 Å². The SMILES string of the molecule is CC(C)N(C(C)C)P(OCCSCC(C)(C)SC(=O)C(C)(C)C)N(C(C)C)C(C)C. The van der Waals surface area contributed by atoms with E-state index in [4.69, 9.17) is 4.52 Å². The van der Waals surface area contributed by atoms with Crippen LogP contribution in [0.2, 0.25) is 0 Å². The van der Waals surface area contributed by atoms with Gasteiger partial charge in [0.25, 0.3) is 0 Å². The summed E-state index contributed by atoms with van der Waals surface area (Å²) in [5.74, 6) is 1.89. The first kappa shape index (κ1) is 30.7. The minimum Gasteiger partial charge on any atom is -0.330 e. The Balaban J connectivity index is 4.96. The molecule has 0 fully saturated rings. The summed E-state index contributed by atoms with van der Waals surface area (Å²) in [7, 11) is -0.825. The molecule has 0 aromatic rings. The molecular formula is C23H49N2O2PS2. The van der Waals surface area contributed by atoms with Crippen LogP contribution in [0.25, 0.3) is 0 Å². The molecule has 0 aliphatic heterocycles. The van der Waals surface area contributed by atoms with Crippen LogP contribution in [-0.2, 0) is 9.32 Å². The number of rotatable bonds is 13. The minimum absolute atomic E-state index is 0.0659. The van der Waals surface area contributed by atoms with E-state index in [0.29, 0.717) is 24.2 Å². The fraction of sp³-hybridized carbons (Fsp3) is 0.957. The Morgan fingerprint density at radius 2 is 1.23 bits per heavy atom. The molecule has 30 heavy (non-hydrogen) atoms. The summed E-state index contributed by atoms with van der Waals surface area (Å²) in [6.45, 7) is 29.1. The van der Waals surface area contributed by atoms with Crippen LogP contribution >= 0.6 is 32.0 Å². The lowest BCUT2D eigenvalue weighted by Gasteiger charge is -2.45. The van der Waals surface area contributed by atoms with E-state index in [-0.39, 0.29) is 15.3 Å². The van der Waals surface area contributed by atoms with Crippen LogP contribution in [0.3, 0.4) is 0 Å². The third-order valence-electron chi connectivity index (χ3n) is 4.38. The van der Waals surface area contributed by atoms with E-state index in [1.165, 1.54) is 11.8 Å². The smallest absolute Gasteiger partial charge is 0.194 e. The maximum absolute atomic E-state index is 12.4. The zero-order valence-electron chi connectivity index (χ0n) is 21.9. The van der Waals surface area contributed by atoms with E-state index in [2.05, 4.69) is 78.6 Å². The summed E-state index contributed by atoms with van der Waals surface area (Å²) in [5, 5.41) is 0.266. The van der Waals surface area contributed by atoms with Crippen molar-refractivity contribution in [2.45, 2.75) is 119 Å². The van der Waals surface area contributed by atoms with Crippen molar-refractivity contribution in [3.05, 3.63) is 0 Å². The lowest BCUT2D eigenvalue weighted by atomic mass is 9.99. The first-order valence-electron chi connectivity index (χ1n) is 11.3. The highest BCUT2D eigenvalue weighted by Crippen LogP contribution is 2.50. The zero-order valence-corrected chi connectivity index (χ0v) is 24.4. The van der Waals surface area contributed by atoms with E-state index in [9.17, 15) is 4.79 Å². The number of hydrogen-bond acceptors (Lipinski definition) is 6. The van der Waals surface area contributed by atoms with Gasteiger partial charge in [0.15, 0.2) is 13.6 Å². The fourth-order valence-electron chi connectivity index (χ4n) is 3.16. The Labute approximate surface area is 198 Å². The molecule has 0 rings (SSSR count). The van der Waals surface area contributed by atoms with Crippen LogP contribution in [0.1, 0.15) is 90.0 Å². The molecule has 0 radical (unpaired) electrons. The molecule has 0 aromatic carbocycles. The highest BCUT2D eigenvalue weighted by atomic mass is 32.2. The number of nitrogens with zero attached hydrogens (tertiary/aromatic N) is 2. The van der Waals surface area contributed by atoms with Crippen LogP contribution in [-0.4, -0.2) is 61.5 Å². The molecule has 0 saturated heterocycles. The number of carbonyl (C=O) groups excluding carboxylic acids is 1. The summed E-state index contributed by atoms with van der Waals surface area (Å²) in [6.07, 6.45) is 0. The van der Waals surface area contributed by atoms with Gasteiger partial charge in [-0.1, -0.05) is 32.5 Å². The largest absolute Gasteiger partial charge is 0.330 e. The molecule has 0 aliphatic carbocycles. The van der Waals surface area contributed by atoms with Crippen molar-refractivity contribution < 1.29 is 9.32 Å². The van der Waals surface area contributed by atoms with E-state index >= 15 is 0 Å². The second-order valence-electron chi connectivity index (χ2n) is 10.7. The van der Waals surface area contributed by atoms with Crippen LogP contribution in [0, 0.1) is 5.41 Å². The van der Waals surface area contributed by atoms with E-state index < -0.39 is 8.45 Å². The predicted molar refractivity (Wildman–Crippen MR) is 141 cm³/mol. The number of carbonyl (C=O) groups is 1.